The molecule has 26 heavy (non-hydrogen) atoms. The maximum atomic E-state index is 11.9. The lowest BCUT2D eigenvalue weighted by molar-refractivity contribution is -0.126. The third-order valence-electron chi connectivity index (χ3n) is 3.70. The first-order valence-electron chi connectivity index (χ1n) is 8.34. The zero-order chi connectivity index (χ0) is 18.9. The van der Waals surface area contributed by atoms with Gasteiger partial charge in [-0.15, -0.1) is 0 Å². The van der Waals surface area contributed by atoms with E-state index in [1.807, 2.05) is 49.4 Å². The number of rotatable bonds is 7. The van der Waals surface area contributed by atoms with Crippen molar-refractivity contribution >= 4 is 23.2 Å². The number of carbonyl (C=O) groups excluding carboxylic acids is 2. The van der Waals surface area contributed by atoms with E-state index in [0.29, 0.717) is 11.4 Å². The van der Waals surface area contributed by atoms with Crippen molar-refractivity contribution in [1.82, 2.24) is 5.32 Å². The highest BCUT2D eigenvalue weighted by Crippen LogP contribution is 2.12. The summed E-state index contributed by atoms with van der Waals surface area (Å²) < 4.78 is 0. The minimum Gasteiger partial charge on any atom is -0.385 e. The van der Waals surface area contributed by atoms with E-state index in [-0.39, 0.29) is 24.5 Å². The van der Waals surface area contributed by atoms with Gasteiger partial charge in [-0.1, -0.05) is 47.6 Å². The van der Waals surface area contributed by atoms with Crippen LogP contribution >= 0.6 is 0 Å². The molecule has 2 rings (SSSR count). The van der Waals surface area contributed by atoms with E-state index < -0.39 is 0 Å². The van der Waals surface area contributed by atoms with E-state index in [2.05, 4.69) is 15.8 Å². The van der Waals surface area contributed by atoms with Crippen molar-refractivity contribution in [2.45, 2.75) is 26.8 Å². The lowest BCUT2D eigenvalue weighted by Gasteiger charge is -2.13. The van der Waals surface area contributed by atoms with Crippen molar-refractivity contribution in [2.24, 2.45) is 5.16 Å². The van der Waals surface area contributed by atoms with Crippen molar-refractivity contribution in [3.8, 4) is 0 Å². The highest BCUT2D eigenvalue weighted by molar-refractivity contribution is 5.99. The maximum absolute atomic E-state index is 11.9. The van der Waals surface area contributed by atoms with Gasteiger partial charge in [-0.25, -0.2) is 0 Å². The largest absolute Gasteiger partial charge is 0.385 e. The van der Waals surface area contributed by atoms with Gasteiger partial charge >= 0.3 is 0 Å². The minimum absolute atomic E-state index is 0.0984. The third kappa shape index (κ3) is 6.05. The van der Waals surface area contributed by atoms with E-state index in [9.17, 15) is 9.59 Å². The smallest absolute Gasteiger partial charge is 0.261 e. The van der Waals surface area contributed by atoms with Crippen LogP contribution in [0, 0.1) is 0 Å². The van der Waals surface area contributed by atoms with Gasteiger partial charge in [0.05, 0.1) is 11.8 Å². The van der Waals surface area contributed by atoms with Crippen LogP contribution in [0.1, 0.15) is 37.9 Å². The summed E-state index contributed by atoms with van der Waals surface area (Å²) in [5.41, 5.74) is 3.23. The average molecular weight is 353 g/mol. The van der Waals surface area contributed by atoms with Crippen LogP contribution in [-0.2, 0) is 14.4 Å². The molecule has 0 aliphatic carbocycles. The fourth-order valence-corrected chi connectivity index (χ4v) is 2.35. The number of nitrogens with zero attached hydrogens (tertiary/aromatic N) is 1. The highest BCUT2D eigenvalue weighted by atomic mass is 16.6. The predicted octanol–water partition coefficient (Wildman–Crippen LogP) is 3.26. The molecule has 1 unspecified atom stereocenters. The van der Waals surface area contributed by atoms with Crippen molar-refractivity contribution in [1.29, 1.82) is 0 Å². The molecule has 136 valence electrons. The molecule has 0 aliphatic rings. The summed E-state index contributed by atoms with van der Waals surface area (Å²) in [5.74, 6) is -0.360. The quantitative estimate of drug-likeness (QED) is 0.592. The Bertz CT molecular complexity index is 771. The Hall–Kier alpha value is -3.15. The molecular formula is C20H23N3O3. The normalized spacial score (nSPS) is 12.2. The fourth-order valence-electron chi connectivity index (χ4n) is 2.35. The van der Waals surface area contributed by atoms with Crippen LogP contribution in [0.5, 0.6) is 0 Å². The standard InChI is InChI=1S/C20H23N3O3/c1-14(17-7-5-4-6-8-17)21-20(25)13-26-23-15(2)18-9-11-19(12-10-18)22-16(3)24/h4-12,14H,13H2,1-3H3,(H,21,25)(H,22,24)/b23-15-. The van der Waals surface area contributed by atoms with Crippen molar-refractivity contribution < 1.29 is 14.4 Å². The minimum atomic E-state index is -0.237. The van der Waals surface area contributed by atoms with Crippen LogP contribution in [0.25, 0.3) is 0 Å². The second kappa shape index (κ2) is 9.36. The molecule has 2 aromatic carbocycles. The number of anilines is 1. The van der Waals surface area contributed by atoms with E-state index in [4.69, 9.17) is 4.84 Å². The van der Waals surface area contributed by atoms with Crippen LogP contribution in [-0.4, -0.2) is 24.1 Å². The number of hydrogen-bond acceptors (Lipinski definition) is 4. The van der Waals surface area contributed by atoms with Gasteiger partial charge in [0.2, 0.25) is 5.91 Å². The number of hydrogen-bond donors (Lipinski definition) is 2. The van der Waals surface area contributed by atoms with Gasteiger partial charge in [-0.05, 0) is 37.1 Å². The lowest BCUT2D eigenvalue weighted by atomic mass is 10.1. The van der Waals surface area contributed by atoms with Gasteiger partial charge in [0, 0.05) is 12.6 Å². The monoisotopic (exact) mass is 353 g/mol. The van der Waals surface area contributed by atoms with Crippen molar-refractivity contribution in [2.75, 3.05) is 11.9 Å². The Morgan fingerprint density at radius 3 is 2.31 bits per heavy atom. The van der Waals surface area contributed by atoms with Crippen LogP contribution in [0.3, 0.4) is 0 Å². The Labute approximate surface area is 153 Å². The molecule has 2 aromatic rings. The molecule has 2 amide bonds. The molecule has 1 atom stereocenters. The molecule has 0 spiro atoms. The summed E-state index contributed by atoms with van der Waals surface area (Å²) in [5, 5.41) is 9.53. The zero-order valence-corrected chi connectivity index (χ0v) is 15.2. The molecule has 0 heterocycles. The van der Waals surface area contributed by atoms with Crippen LogP contribution in [0.15, 0.2) is 59.8 Å². The summed E-state index contributed by atoms with van der Waals surface area (Å²) in [6.45, 7) is 5.01. The molecule has 0 aliphatic heterocycles. The molecule has 0 saturated carbocycles. The first kappa shape index (κ1) is 19.2. The van der Waals surface area contributed by atoms with E-state index in [0.717, 1.165) is 11.1 Å². The average Bonchev–Trinajstić information content (AvgIpc) is 2.62. The van der Waals surface area contributed by atoms with Crippen LogP contribution < -0.4 is 10.6 Å². The van der Waals surface area contributed by atoms with Gasteiger partial charge < -0.3 is 15.5 Å². The number of carbonyl (C=O) groups is 2. The summed E-state index contributed by atoms with van der Waals surface area (Å²) in [7, 11) is 0. The lowest BCUT2D eigenvalue weighted by Crippen LogP contribution is -2.29. The summed E-state index contributed by atoms with van der Waals surface area (Å²) in [6, 6.07) is 16.8. The van der Waals surface area contributed by atoms with Gasteiger partial charge in [-0.3, -0.25) is 9.59 Å². The topological polar surface area (TPSA) is 79.8 Å². The van der Waals surface area contributed by atoms with Gasteiger partial charge in [0.1, 0.15) is 0 Å². The first-order valence-corrected chi connectivity index (χ1v) is 8.34. The van der Waals surface area contributed by atoms with Gasteiger partial charge in [-0.2, -0.15) is 0 Å². The second-order valence-electron chi connectivity index (χ2n) is 5.91. The summed E-state index contributed by atoms with van der Waals surface area (Å²) in [6.07, 6.45) is 0. The number of benzene rings is 2. The molecule has 2 N–H and O–H groups in total. The fraction of sp³-hybridized carbons (Fsp3) is 0.250. The molecule has 6 heteroatoms. The molecule has 0 aromatic heterocycles. The molecule has 0 radical (unpaired) electrons. The van der Waals surface area contributed by atoms with E-state index in [1.165, 1.54) is 6.92 Å². The molecular weight excluding hydrogens is 330 g/mol. The van der Waals surface area contributed by atoms with Crippen molar-refractivity contribution in [3.63, 3.8) is 0 Å². The van der Waals surface area contributed by atoms with Crippen molar-refractivity contribution in [3.05, 3.63) is 65.7 Å². The predicted molar refractivity (Wildman–Crippen MR) is 102 cm³/mol. The third-order valence-corrected chi connectivity index (χ3v) is 3.70. The SMILES string of the molecule is CC(=O)Nc1ccc(/C(C)=N\OCC(=O)NC(C)c2ccccc2)cc1. The summed E-state index contributed by atoms with van der Waals surface area (Å²) in [4.78, 5) is 28.1. The number of amides is 2. The second-order valence-corrected chi connectivity index (χ2v) is 5.91. The van der Waals surface area contributed by atoms with Gasteiger partial charge in [0.15, 0.2) is 6.61 Å². The Balaban J connectivity index is 1.83. The van der Waals surface area contributed by atoms with E-state index in [1.54, 1.807) is 19.1 Å². The van der Waals surface area contributed by atoms with Crippen LogP contribution in [0.4, 0.5) is 5.69 Å². The van der Waals surface area contributed by atoms with E-state index >= 15 is 0 Å². The maximum Gasteiger partial charge on any atom is 0.261 e. The number of oxime groups is 1. The van der Waals surface area contributed by atoms with Crippen LogP contribution in [0.2, 0.25) is 0 Å². The Kier molecular flexibility index (Phi) is 6.91. The molecule has 6 nitrogen and oxygen atoms in total. The Morgan fingerprint density at radius 1 is 1.04 bits per heavy atom. The highest BCUT2D eigenvalue weighted by Gasteiger charge is 2.09. The first-order chi connectivity index (χ1) is 12.5. The molecule has 0 saturated heterocycles. The molecule has 0 bridgehead atoms. The Morgan fingerprint density at radius 2 is 1.69 bits per heavy atom. The summed E-state index contributed by atoms with van der Waals surface area (Å²) >= 11 is 0. The zero-order valence-electron chi connectivity index (χ0n) is 15.2. The van der Waals surface area contributed by atoms with Gasteiger partial charge in [0.25, 0.3) is 5.91 Å². The molecule has 0 fully saturated rings. The number of nitrogens with one attached hydrogen (secondary N) is 2.